The first kappa shape index (κ1) is 18.8. The Morgan fingerprint density at radius 2 is 2.15 bits per heavy atom. The van der Waals surface area contributed by atoms with Crippen LogP contribution < -0.4 is 5.69 Å². The molecule has 7 heteroatoms. The molecule has 0 aromatic carbocycles. The maximum Gasteiger partial charge on any atom is 0.347 e. The first-order valence-electron chi connectivity index (χ1n) is 8.91. The highest BCUT2D eigenvalue weighted by molar-refractivity contribution is 7.10. The van der Waals surface area contributed by atoms with Crippen molar-refractivity contribution in [3.8, 4) is 0 Å². The number of hydrogen-bond donors (Lipinski definition) is 1. The van der Waals surface area contributed by atoms with Gasteiger partial charge in [0.25, 0.3) is 0 Å². The zero-order valence-electron chi connectivity index (χ0n) is 15.4. The number of likely N-dealkylation sites (tertiary alicyclic amines) is 1. The van der Waals surface area contributed by atoms with E-state index < -0.39 is 6.10 Å². The fraction of sp³-hybridized carbons (Fsp3) is 0.526. The van der Waals surface area contributed by atoms with Gasteiger partial charge in [-0.2, -0.15) is 4.98 Å². The van der Waals surface area contributed by atoms with Gasteiger partial charge in [-0.3, -0.25) is 9.36 Å². The number of hydrogen-bond acceptors (Lipinski definition) is 5. The number of carbonyl (C=O) groups is 1. The third kappa shape index (κ3) is 3.88. The minimum absolute atomic E-state index is 0.0303. The number of aryl methyl sites for hydroxylation is 3. The smallest absolute Gasteiger partial charge is 0.347 e. The minimum atomic E-state index is -0.546. The molecule has 0 spiro atoms. The van der Waals surface area contributed by atoms with E-state index in [1.807, 2.05) is 18.4 Å². The van der Waals surface area contributed by atoms with Crippen LogP contribution in [0.4, 0.5) is 0 Å². The standard InChI is InChI=1S/C19H25N3O3S/c1-12-6-9-26-18(12)15-4-7-21(11-16(15)23)17(24)5-8-22-14(3)10-13(2)20-19(22)25/h6,9-10,15-16,23H,4-5,7-8,11H2,1-3H3/t15-,16-/m0/s1. The lowest BCUT2D eigenvalue weighted by molar-refractivity contribution is -0.134. The third-order valence-electron chi connectivity index (χ3n) is 5.07. The summed E-state index contributed by atoms with van der Waals surface area (Å²) in [7, 11) is 0. The molecule has 0 radical (unpaired) electrons. The van der Waals surface area contributed by atoms with E-state index in [9.17, 15) is 14.7 Å². The zero-order chi connectivity index (χ0) is 18.8. The van der Waals surface area contributed by atoms with Crippen LogP contribution in [0.25, 0.3) is 0 Å². The van der Waals surface area contributed by atoms with E-state index >= 15 is 0 Å². The predicted octanol–water partition coefficient (Wildman–Crippen LogP) is 2.00. The molecular formula is C19H25N3O3S. The van der Waals surface area contributed by atoms with Gasteiger partial charge in [0.1, 0.15) is 0 Å². The van der Waals surface area contributed by atoms with Crippen molar-refractivity contribution in [2.45, 2.75) is 52.2 Å². The molecule has 1 aliphatic heterocycles. The van der Waals surface area contributed by atoms with Gasteiger partial charge < -0.3 is 10.0 Å². The lowest BCUT2D eigenvalue weighted by Gasteiger charge is -2.36. The number of rotatable bonds is 4. The van der Waals surface area contributed by atoms with E-state index in [4.69, 9.17) is 0 Å². The second kappa shape index (κ2) is 7.72. The van der Waals surface area contributed by atoms with Gasteiger partial charge in [0, 0.05) is 48.2 Å². The van der Waals surface area contributed by atoms with Gasteiger partial charge in [-0.05, 0) is 50.3 Å². The summed E-state index contributed by atoms with van der Waals surface area (Å²) in [6, 6.07) is 3.91. The Morgan fingerprint density at radius 3 is 2.77 bits per heavy atom. The number of β-amino-alcohol motifs (C(OH)–C–C–N with tert-alkyl or cyclic N) is 1. The molecule has 2 atom stereocenters. The van der Waals surface area contributed by atoms with Crippen LogP contribution in [0, 0.1) is 20.8 Å². The van der Waals surface area contributed by atoms with Gasteiger partial charge in [0.05, 0.1) is 6.10 Å². The highest BCUT2D eigenvalue weighted by Crippen LogP contribution is 2.34. The third-order valence-corrected chi connectivity index (χ3v) is 6.22. The second-order valence-electron chi connectivity index (χ2n) is 6.99. The van der Waals surface area contributed by atoms with Crippen LogP contribution in [0.2, 0.25) is 0 Å². The molecule has 1 N–H and O–H groups in total. The molecule has 0 unspecified atom stereocenters. The zero-order valence-corrected chi connectivity index (χ0v) is 16.3. The topological polar surface area (TPSA) is 75.4 Å². The van der Waals surface area contributed by atoms with Crippen molar-refractivity contribution in [3.05, 3.63) is 49.8 Å². The Morgan fingerprint density at radius 1 is 1.38 bits per heavy atom. The number of aliphatic hydroxyl groups excluding tert-OH is 1. The maximum atomic E-state index is 12.5. The lowest BCUT2D eigenvalue weighted by Crippen LogP contribution is -2.46. The first-order chi connectivity index (χ1) is 12.4. The number of carbonyl (C=O) groups excluding carboxylic acids is 1. The van der Waals surface area contributed by atoms with Crippen molar-refractivity contribution in [1.29, 1.82) is 0 Å². The Hall–Kier alpha value is -1.99. The number of piperidine rings is 1. The molecule has 3 heterocycles. The van der Waals surface area contributed by atoms with Crippen LogP contribution in [0.5, 0.6) is 0 Å². The van der Waals surface area contributed by atoms with E-state index in [2.05, 4.69) is 18.0 Å². The van der Waals surface area contributed by atoms with E-state index in [-0.39, 0.29) is 23.9 Å². The van der Waals surface area contributed by atoms with Gasteiger partial charge in [-0.1, -0.05) is 0 Å². The molecule has 1 saturated heterocycles. The Kier molecular flexibility index (Phi) is 5.58. The molecule has 140 valence electrons. The van der Waals surface area contributed by atoms with Gasteiger partial charge >= 0.3 is 5.69 Å². The van der Waals surface area contributed by atoms with Gasteiger partial charge in [-0.25, -0.2) is 4.79 Å². The van der Waals surface area contributed by atoms with E-state index in [0.29, 0.717) is 25.3 Å². The largest absolute Gasteiger partial charge is 0.391 e. The molecule has 1 fully saturated rings. The van der Waals surface area contributed by atoms with Crippen LogP contribution >= 0.6 is 11.3 Å². The predicted molar refractivity (Wildman–Crippen MR) is 102 cm³/mol. The number of amides is 1. The fourth-order valence-corrected chi connectivity index (χ4v) is 4.76. The van der Waals surface area contributed by atoms with Crippen molar-refractivity contribution in [1.82, 2.24) is 14.5 Å². The summed E-state index contributed by atoms with van der Waals surface area (Å²) in [6.45, 7) is 6.99. The molecule has 6 nitrogen and oxygen atoms in total. The highest BCUT2D eigenvalue weighted by Gasteiger charge is 2.32. The lowest BCUT2D eigenvalue weighted by atomic mass is 9.90. The van der Waals surface area contributed by atoms with Crippen molar-refractivity contribution in [3.63, 3.8) is 0 Å². The number of aliphatic hydroxyl groups is 1. The van der Waals surface area contributed by atoms with Crippen LogP contribution in [-0.2, 0) is 11.3 Å². The normalized spacial score (nSPS) is 20.4. The van der Waals surface area contributed by atoms with Gasteiger partial charge in [0.2, 0.25) is 5.91 Å². The Balaban J connectivity index is 1.60. The molecule has 0 bridgehead atoms. The molecule has 2 aromatic rings. The quantitative estimate of drug-likeness (QED) is 0.887. The average Bonchev–Trinajstić information content (AvgIpc) is 2.99. The van der Waals surface area contributed by atoms with Crippen LogP contribution in [0.3, 0.4) is 0 Å². The first-order valence-corrected chi connectivity index (χ1v) is 9.79. The van der Waals surface area contributed by atoms with Crippen LogP contribution in [-0.4, -0.2) is 44.7 Å². The van der Waals surface area contributed by atoms with Crippen molar-refractivity contribution in [2.24, 2.45) is 0 Å². The summed E-state index contributed by atoms with van der Waals surface area (Å²) in [5, 5.41) is 12.6. The minimum Gasteiger partial charge on any atom is -0.391 e. The molecule has 3 rings (SSSR count). The van der Waals surface area contributed by atoms with Crippen LogP contribution in [0.1, 0.15) is 40.6 Å². The summed E-state index contributed by atoms with van der Waals surface area (Å²) < 4.78 is 1.53. The molecule has 1 amide bonds. The van der Waals surface area contributed by atoms with E-state index in [1.165, 1.54) is 15.0 Å². The number of thiophene rings is 1. The Bertz CT molecular complexity index is 858. The monoisotopic (exact) mass is 375 g/mol. The molecule has 0 aliphatic carbocycles. The molecule has 1 aliphatic rings. The van der Waals surface area contributed by atoms with Crippen molar-refractivity contribution in [2.75, 3.05) is 13.1 Å². The van der Waals surface area contributed by atoms with Crippen LogP contribution in [0.15, 0.2) is 22.3 Å². The molecular weight excluding hydrogens is 350 g/mol. The van der Waals surface area contributed by atoms with E-state index in [1.54, 1.807) is 23.2 Å². The SMILES string of the molecule is Cc1cc(C)n(CCC(=O)N2CC[C@H](c3sccc3C)[C@@H](O)C2)c(=O)n1. The molecule has 26 heavy (non-hydrogen) atoms. The van der Waals surface area contributed by atoms with Crippen molar-refractivity contribution < 1.29 is 9.90 Å². The summed E-state index contributed by atoms with van der Waals surface area (Å²) >= 11 is 1.67. The van der Waals surface area contributed by atoms with Gasteiger partial charge in [-0.15, -0.1) is 11.3 Å². The maximum absolute atomic E-state index is 12.5. The van der Waals surface area contributed by atoms with Crippen molar-refractivity contribution >= 4 is 17.2 Å². The second-order valence-corrected chi connectivity index (χ2v) is 7.94. The molecule has 2 aromatic heterocycles. The fourth-order valence-electron chi connectivity index (χ4n) is 3.64. The van der Waals surface area contributed by atoms with Gasteiger partial charge in [0.15, 0.2) is 0 Å². The number of aromatic nitrogens is 2. The number of nitrogens with zero attached hydrogens (tertiary/aromatic N) is 3. The summed E-state index contributed by atoms with van der Waals surface area (Å²) in [5.74, 6) is 0.0717. The highest BCUT2D eigenvalue weighted by atomic mass is 32.1. The summed E-state index contributed by atoms with van der Waals surface area (Å²) in [6.07, 6.45) is 0.454. The summed E-state index contributed by atoms with van der Waals surface area (Å²) in [4.78, 5) is 31.4. The summed E-state index contributed by atoms with van der Waals surface area (Å²) in [5.41, 5.74) is 2.38. The van der Waals surface area contributed by atoms with E-state index in [0.717, 1.165) is 12.1 Å². The average molecular weight is 375 g/mol. The Labute approximate surface area is 157 Å². The molecule has 0 saturated carbocycles.